The number of oxazole rings is 1. The number of aromatic nitrogens is 1. The van der Waals surface area contributed by atoms with Crippen LogP contribution in [0, 0.1) is 17.5 Å². The van der Waals surface area contributed by atoms with E-state index in [9.17, 15) is 13.2 Å². The Hall–Kier alpha value is -1.82. The highest BCUT2D eigenvalue weighted by Gasteiger charge is 2.16. The summed E-state index contributed by atoms with van der Waals surface area (Å²) < 4.78 is 44.7. The molecule has 108 valence electrons. The molecule has 6 heteroatoms. The average Bonchev–Trinajstić information content (AvgIpc) is 2.91. The summed E-state index contributed by atoms with van der Waals surface area (Å²) in [7, 11) is 0. The lowest BCUT2D eigenvalue weighted by Crippen LogP contribution is -2.19. The topological polar surface area (TPSA) is 38.1 Å². The lowest BCUT2D eigenvalue weighted by Gasteiger charge is -2.08. The molecule has 3 nitrogen and oxygen atoms in total. The zero-order valence-electron chi connectivity index (χ0n) is 11.2. The van der Waals surface area contributed by atoms with Crippen molar-refractivity contribution < 1.29 is 17.6 Å². The molecule has 0 amide bonds. The van der Waals surface area contributed by atoms with Gasteiger partial charge in [-0.05, 0) is 32.0 Å². The van der Waals surface area contributed by atoms with Crippen molar-refractivity contribution in [3.8, 4) is 11.3 Å². The Bertz CT molecular complexity index is 575. The van der Waals surface area contributed by atoms with E-state index in [4.69, 9.17) is 4.42 Å². The molecular weight excluding hydrogens is 269 g/mol. The number of hydrogen-bond acceptors (Lipinski definition) is 3. The number of hydrogen-bond donors (Lipinski definition) is 1. The molecule has 0 aliphatic heterocycles. The summed E-state index contributed by atoms with van der Waals surface area (Å²) in [6, 6.07) is 1.65. The molecule has 1 heterocycles. The Labute approximate surface area is 114 Å². The smallest absolute Gasteiger partial charge is 0.211 e. The first-order chi connectivity index (χ1) is 9.52. The Morgan fingerprint density at radius 2 is 1.90 bits per heavy atom. The van der Waals surface area contributed by atoms with Crippen molar-refractivity contribution in [3.05, 3.63) is 41.7 Å². The zero-order valence-corrected chi connectivity index (χ0v) is 11.2. The van der Waals surface area contributed by atoms with Crippen LogP contribution in [0.4, 0.5) is 13.2 Å². The molecule has 1 N–H and O–H groups in total. The minimum Gasteiger partial charge on any atom is -0.439 e. The van der Waals surface area contributed by atoms with Gasteiger partial charge in [0.2, 0.25) is 5.89 Å². The summed E-state index contributed by atoms with van der Waals surface area (Å²) in [6.07, 6.45) is 2.33. The minimum absolute atomic E-state index is 0.112. The van der Waals surface area contributed by atoms with E-state index in [2.05, 4.69) is 10.3 Å². The fourth-order valence-electron chi connectivity index (χ4n) is 1.77. The number of halogens is 3. The quantitative estimate of drug-likeness (QED) is 0.848. The predicted octanol–water partition coefficient (Wildman–Crippen LogP) is 3.82. The third kappa shape index (κ3) is 3.01. The molecule has 1 aromatic carbocycles. The van der Waals surface area contributed by atoms with E-state index in [1.54, 1.807) is 0 Å². The van der Waals surface area contributed by atoms with Gasteiger partial charge in [0.05, 0.1) is 12.2 Å². The number of nitrogens with zero attached hydrogens (tertiary/aromatic N) is 1. The second kappa shape index (κ2) is 6.09. The van der Waals surface area contributed by atoms with Crippen molar-refractivity contribution in [2.45, 2.75) is 26.3 Å². The van der Waals surface area contributed by atoms with Crippen molar-refractivity contribution in [3.63, 3.8) is 0 Å². The summed E-state index contributed by atoms with van der Waals surface area (Å²) in [5.41, 5.74) is 0.114. The van der Waals surface area contributed by atoms with Gasteiger partial charge in [0, 0.05) is 5.56 Å². The van der Waals surface area contributed by atoms with E-state index < -0.39 is 17.5 Å². The van der Waals surface area contributed by atoms with Crippen LogP contribution in [0.1, 0.15) is 32.2 Å². The van der Waals surface area contributed by atoms with E-state index in [0.717, 1.165) is 25.1 Å². The predicted molar refractivity (Wildman–Crippen MR) is 68.5 cm³/mol. The highest BCUT2D eigenvalue weighted by Crippen LogP contribution is 2.26. The van der Waals surface area contributed by atoms with Crippen LogP contribution in [0.25, 0.3) is 11.3 Å². The van der Waals surface area contributed by atoms with E-state index in [0.29, 0.717) is 5.89 Å². The van der Waals surface area contributed by atoms with Gasteiger partial charge < -0.3 is 9.73 Å². The van der Waals surface area contributed by atoms with Gasteiger partial charge in [-0.3, -0.25) is 0 Å². The first kappa shape index (κ1) is 14.6. The molecule has 20 heavy (non-hydrogen) atoms. The Morgan fingerprint density at radius 1 is 1.25 bits per heavy atom. The van der Waals surface area contributed by atoms with Crippen molar-refractivity contribution in [2.24, 2.45) is 0 Å². The lowest BCUT2D eigenvalue weighted by atomic mass is 10.1. The lowest BCUT2D eigenvalue weighted by molar-refractivity contribution is 0.421. The summed E-state index contributed by atoms with van der Waals surface area (Å²) in [6.45, 7) is 4.71. The van der Waals surface area contributed by atoms with Gasteiger partial charge in [0.1, 0.15) is 0 Å². The van der Waals surface area contributed by atoms with Crippen LogP contribution >= 0.6 is 0 Å². The van der Waals surface area contributed by atoms with Gasteiger partial charge in [-0.2, -0.15) is 0 Å². The number of benzene rings is 1. The van der Waals surface area contributed by atoms with Gasteiger partial charge in [0.25, 0.3) is 0 Å². The number of nitrogens with one attached hydrogen (secondary N) is 1. The monoisotopic (exact) mass is 284 g/mol. The van der Waals surface area contributed by atoms with Gasteiger partial charge in [0.15, 0.2) is 23.2 Å². The van der Waals surface area contributed by atoms with Gasteiger partial charge in [-0.1, -0.05) is 6.92 Å². The van der Waals surface area contributed by atoms with E-state index in [1.807, 2.05) is 13.8 Å². The molecule has 0 aliphatic rings. The number of rotatable bonds is 5. The molecule has 0 fully saturated rings. The van der Waals surface area contributed by atoms with Crippen LogP contribution in [0.15, 0.2) is 22.7 Å². The second-order valence-corrected chi connectivity index (χ2v) is 4.49. The van der Waals surface area contributed by atoms with Crippen molar-refractivity contribution >= 4 is 0 Å². The first-order valence-electron chi connectivity index (χ1n) is 6.37. The largest absolute Gasteiger partial charge is 0.439 e. The molecule has 0 saturated carbocycles. The second-order valence-electron chi connectivity index (χ2n) is 4.49. The highest BCUT2D eigenvalue weighted by molar-refractivity contribution is 5.56. The van der Waals surface area contributed by atoms with Crippen LogP contribution in [0.2, 0.25) is 0 Å². The Morgan fingerprint density at radius 3 is 2.50 bits per heavy atom. The molecule has 0 radical (unpaired) electrons. The molecule has 0 saturated heterocycles. The molecule has 0 aliphatic carbocycles. The summed E-state index contributed by atoms with van der Waals surface area (Å²) in [5, 5.41) is 3.18. The van der Waals surface area contributed by atoms with Crippen LogP contribution in [0.3, 0.4) is 0 Å². The third-order valence-electron chi connectivity index (χ3n) is 2.86. The van der Waals surface area contributed by atoms with Crippen LogP contribution in [-0.2, 0) is 0 Å². The molecular formula is C14H15F3N2O. The van der Waals surface area contributed by atoms with Gasteiger partial charge in [-0.25, -0.2) is 18.2 Å². The van der Waals surface area contributed by atoms with Crippen LogP contribution in [-0.4, -0.2) is 11.5 Å². The van der Waals surface area contributed by atoms with Gasteiger partial charge in [-0.15, -0.1) is 0 Å². The minimum atomic E-state index is -1.49. The first-order valence-corrected chi connectivity index (χ1v) is 6.37. The maximum Gasteiger partial charge on any atom is 0.211 e. The molecule has 1 unspecified atom stereocenters. The molecule has 1 aromatic heterocycles. The third-order valence-corrected chi connectivity index (χ3v) is 2.86. The summed E-state index contributed by atoms with van der Waals surface area (Å²) in [5.74, 6) is -3.39. The van der Waals surface area contributed by atoms with Crippen LogP contribution in [0.5, 0.6) is 0 Å². The fourth-order valence-corrected chi connectivity index (χ4v) is 1.77. The van der Waals surface area contributed by atoms with E-state index in [-0.39, 0.29) is 17.4 Å². The van der Waals surface area contributed by atoms with Gasteiger partial charge >= 0.3 is 0 Å². The Kier molecular flexibility index (Phi) is 4.44. The molecule has 0 spiro atoms. The molecule has 1 atom stereocenters. The normalized spacial score (nSPS) is 12.7. The van der Waals surface area contributed by atoms with E-state index >= 15 is 0 Å². The fraction of sp³-hybridized carbons (Fsp3) is 0.357. The van der Waals surface area contributed by atoms with Crippen LogP contribution < -0.4 is 5.32 Å². The van der Waals surface area contributed by atoms with E-state index in [1.165, 1.54) is 6.20 Å². The Balaban J connectivity index is 2.24. The average molecular weight is 284 g/mol. The zero-order chi connectivity index (χ0) is 14.7. The highest BCUT2D eigenvalue weighted by atomic mass is 19.2. The summed E-state index contributed by atoms with van der Waals surface area (Å²) in [4.78, 5) is 4.06. The maximum atomic E-state index is 13.2. The van der Waals surface area contributed by atoms with Crippen molar-refractivity contribution in [1.29, 1.82) is 0 Å². The van der Waals surface area contributed by atoms with Crippen molar-refractivity contribution in [2.75, 3.05) is 6.54 Å². The standard InChI is InChI=1S/C14H15F3N2O/c1-3-4-18-8(2)14-19-7-12(20-14)9-5-10(15)13(17)11(16)6-9/h5-8,18H,3-4H2,1-2H3. The van der Waals surface area contributed by atoms with Crippen molar-refractivity contribution in [1.82, 2.24) is 10.3 Å². The molecule has 0 bridgehead atoms. The maximum absolute atomic E-state index is 13.2. The molecule has 2 rings (SSSR count). The SMILES string of the molecule is CCCNC(C)c1ncc(-c2cc(F)c(F)c(F)c2)o1. The summed E-state index contributed by atoms with van der Waals surface area (Å²) >= 11 is 0. The molecule has 2 aromatic rings.